The van der Waals surface area contributed by atoms with Gasteiger partial charge in [-0.25, -0.2) is 4.79 Å². The van der Waals surface area contributed by atoms with Crippen molar-refractivity contribution in [3.05, 3.63) is 53.6 Å². The molecule has 0 saturated heterocycles. The molecule has 2 aromatic rings. The van der Waals surface area contributed by atoms with Crippen LogP contribution in [0, 0.1) is 0 Å². The van der Waals surface area contributed by atoms with Gasteiger partial charge in [-0.2, -0.15) is 0 Å². The topological polar surface area (TPSA) is 108 Å². The highest BCUT2D eigenvalue weighted by Crippen LogP contribution is 2.23. The Hall–Kier alpha value is -2.73. The number of benzene rings is 2. The van der Waals surface area contributed by atoms with Gasteiger partial charge < -0.3 is 26.6 Å². The van der Waals surface area contributed by atoms with E-state index in [1.165, 1.54) is 18.2 Å². The molecule has 0 bridgehead atoms. The van der Waals surface area contributed by atoms with Gasteiger partial charge in [0.1, 0.15) is 11.5 Å². The predicted molar refractivity (Wildman–Crippen MR) is 80.0 cm³/mol. The summed E-state index contributed by atoms with van der Waals surface area (Å²) in [6.07, 6.45) is 0. The third-order valence-electron chi connectivity index (χ3n) is 2.84. The standard InChI is InChI=1S/C15H17N3O3/c16-8-10-2-1-3-11(4-10)9-17-15(21)18-12-5-13(19)7-14(20)6-12/h1-7,19-20H,8-9,16H2,(H2,17,18,21). The summed E-state index contributed by atoms with van der Waals surface area (Å²) in [5.74, 6) is -0.248. The summed E-state index contributed by atoms with van der Waals surface area (Å²) in [4.78, 5) is 11.8. The van der Waals surface area contributed by atoms with E-state index in [1.807, 2.05) is 24.3 Å². The number of hydrogen-bond donors (Lipinski definition) is 5. The highest BCUT2D eigenvalue weighted by atomic mass is 16.3. The van der Waals surface area contributed by atoms with Gasteiger partial charge in [0, 0.05) is 37.0 Å². The molecule has 21 heavy (non-hydrogen) atoms. The van der Waals surface area contributed by atoms with Crippen LogP contribution in [0.15, 0.2) is 42.5 Å². The van der Waals surface area contributed by atoms with Gasteiger partial charge >= 0.3 is 6.03 Å². The number of carbonyl (C=O) groups is 1. The van der Waals surface area contributed by atoms with Gasteiger partial charge in [0.05, 0.1) is 0 Å². The Morgan fingerprint density at radius 2 is 1.71 bits per heavy atom. The Morgan fingerprint density at radius 3 is 2.38 bits per heavy atom. The fourth-order valence-corrected chi connectivity index (χ4v) is 1.89. The number of rotatable bonds is 4. The van der Waals surface area contributed by atoms with Crippen LogP contribution in [-0.2, 0) is 13.1 Å². The van der Waals surface area contributed by atoms with Gasteiger partial charge in [-0.1, -0.05) is 24.3 Å². The summed E-state index contributed by atoms with van der Waals surface area (Å²) in [6.45, 7) is 0.799. The fourth-order valence-electron chi connectivity index (χ4n) is 1.89. The second kappa shape index (κ2) is 6.62. The van der Waals surface area contributed by atoms with Crippen LogP contribution in [0.25, 0.3) is 0 Å². The first-order valence-electron chi connectivity index (χ1n) is 6.42. The molecule has 0 unspecified atom stereocenters. The van der Waals surface area contributed by atoms with E-state index in [2.05, 4.69) is 10.6 Å². The smallest absolute Gasteiger partial charge is 0.319 e. The van der Waals surface area contributed by atoms with E-state index in [0.717, 1.165) is 11.1 Å². The van der Waals surface area contributed by atoms with Gasteiger partial charge in [-0.05, 0) is 11.1 Å². The van der Waals surface area contributed by atoms with Crippen molar-refractivity contribution in [2.75, 3.05) is 5.32 Å². The molecule has 110 valence electrons. The summed E-state index contributed by atoms with van der Waals surface area (Å²) < 4.78 is 0. The zero-order chi connectivity index (χ0) is 15.2. The Morgan fingerprint density at radius 1 is 1.05 bits per heavy atom. The molecular formula is C15H17N3O3. The number of anilines is 1. The molecule has 2 amide bonds. The third-order valence-corrected chi connectivity index (χ3v) is 2.84. The van der Waals surface area contributed by atoms with Crippen molar-refractivity contribution in [3.8, 4) is 11.5 Å². The first kappa shape index (κ1) is 14.7. The van der Waals surface area contributed by atoms with Crippen molar-refractivity contribution in [2.45, 2.75) is 13.1 Å². The number of amides is 2. The minimum atomic E-state index is -0.432. The number of nitrogens with one attached hydrogen (secondary N) is 2. The number of aromatic hydroxyl groups is 2. The molecule has 0 radical (unpaired) electrons. The van der Waals surface area contributed by atoms with Crippen molar-refractivity contribution in [1.29, 1.82) is 0 Å². The molecule has 0 saturated carbocycles. The third kappa shape index (κ3) is 4.39. The SMILES string of the molecule is NCc1cccc(CNC(=O)Nc2cc(O)cc(O)c2)c1. The average molecular weight is 287 g/mol. The number of hydrogen-bond acceptors (Lipinski definition) is 4. The molecule has 0 aliphatic rings. The number of carbonyl (C=O) groups excluding carboxylic acids is 1. The van der Waals surface area contributed by atoms with Gasteiger partial charge in [0.15, 0.2) is 0 Å². The molecular weight excluding hydrogens is 270 g/mol. The molecule has 6 N–H and O–H groups in total. The van der Waals surface area contributed by atoms with Gasteiger partial charge in [0.2, 0.25) is 0 Å². The van der Waals surface area contributed by atoms with E-state index in [0.29, 0.717) is 18.8 Å². The Kier molecular flexibility index (Phi) is 4.63. The highest BCUT2D eigenvalue weighted by molar-refractivity contribution is 5.89. The van der Waals surface area contributed by atoms with Crippen molar-refractivity contribution >= 4 is 11.7 Å². The van der Waals surface area contributed by atoms with E-state index in [9.17, 15) is 15.0 Å². The minimum Gasteiger partial charge on any atom is -0.508 e. The van der Waals surface area contributed by atoms with E-state index >= 15 is 0 Å². The molecule has 0 atom stereocenters. The molecule has 0 aliphatic carbocycles. The van der Waals surface area contributed by atoms with E-state index in [1.54, 1.807) is 0 Å². The molecule has 0 aliphatic heterocycles. The molecule has 6 heteroatoms. The number of phenols is 2. The first-order chi connectivity index (χ1) is 10.1. The predicted octanol–water partition coefficient (Wildman–Crippen LogP) is 1.88. The van der Waals surface area contributed by atoms with Crippen LogP contribution in [0.1, 0.15) is 11.1 Å². The molecule has 0 spiro atoms. The van der Waals surface area contributed by atoms with Crippen molar-refractivity contribution in [3.63, 3.8) is 0 Å². The fraction of sp³-hybridized carbons (Fsp3) is 0.133. The lowest BCUT2D eigenvalue weighted by Crippen LogP contribution is -2.28. The molecule has 0 aromatic heterocycles. The Bertz CT molecular complexity index is 624. The van der Waals surface area contributed by atoms with Crippen molar-refractivity contribution in [1.82, 2.24) is 5.32 Å². The van der Waals surface area contributed by atoms with Crippen LogP contribution in [0.4, 0.5) is 10.5 Å². The number of nitrogens with two attached hydrogens (primary N) is 1. The maximum Gasteiger partial charge on any atom is 0.319 e. The maximum atomic E-state index is 11.8. The minimum absolute atomic E-state index is 0.124. The van der Waals surface area contributed by atoms with E-state index < -0.39 is 6.03 Å². The quantitative estimate of drug-likeness (QED) is 0.591. The lowest BCUT2D eigenvalue weighted by Gasteiger charge is -2.09. The summed E-state index contributed by atoms with van der Waals surface area (Å²) in [5.41, 5.74) is 7.79. The van der Waals surface area contributed by atoms with Crippen LogP contribution in [0.5, 0.6) is 11.5 Å². The monoisotopic (exact) mass is 287 g/mol. The van der Waals surface area contributed by atoms with Crippen LogP contribution in [0.3, 0.4) is 0 Å². The molecule has 2 aromatic carbocycles. The molecule has 0 heterocycles. The Balaban J connectivity index is 1.92. The zero-order valence-electron chi connectivity index (χ0n) is 11.3. The summed E-state index contributed by atoms with van der Waals surface area (Å²) in [7, 11) is 0. The van der Waals surface area contributed by atoms with Crippen LogP contribution in [0.2, 0.25) is 0 Å². The lowest BCUT2D eigenvalue weighted by molar-refractivity contribution is 0.251. The maximum absolute atomic E-state index is 11.8. The van der Waals surface area contributed by atoms with Crippen molar-refractivity contribution < 1.29 is 15.0 Å². The van der Waals surface area contributed by atoms with Crippen LogP contribution in [-0.4, -0.2) is 16.2 Å². The highest BCUT2D eigenvalue weighted by Gasteiger charge is 2.04. The van der Waals surface area contributed by atoms with Crippen LogP contribution >= 0.6 is 0 Å². The molecule has 2 rings (SSSR count). The summed E-state index contributed by atoms with van der Waals surface area (Å²) in [5, 5.41) is 23.9. The lowest BCUT2D eigenvalue weighted by atomic mass is 10.1. The van der Waals surface area contributed by atoms with E-state index in [-0.39, 0.29) is 11.5 Å². The first-order valence-corrected chi connectivity index (χ1v) is 6.42. The largest absolute Gasteiger partial charge is 0.508 e. The number of phenolic OH excluding ortho intramolecular Hbond substituents is 2. The van der Waals surface area contributed by atoms with E-state index in [4.69, 9.17) is 5.73 Å². The second-order valence-electron chi connectivity index (χ2n) is 4.57. The summed E-state index contributed by atoms with van der Waals surface area (Å²) in [6, 6.07) is 11.0. The zero-order valence-corrected chi connectivity index (χ0v) is 11.3. The summed E-state index contributed by atoms with van der Waals surface area (Å²) >= 11 is 0. The molecule has 6 nitrogen and oxygen atoms in total. The number of urea groups is 1. The molecule has 0 fully saturated rings. The second-order valence-corrected chi connectivity index (χ2v) is 4.57. The van der Waals surface area contributed by atoms with Gasteiger partial charge in [-0.15, -0.1) is 0 Å². The average Bonchev–Trinajstić information content (AvgIpc) is 2.44. The van der Waals surface area contributed by atoms with Crippen molar-refractivity contribution in [2.24, 2.45) is 5.73 Å². The normalized spacial score (nSPS) is 10.1. The van der Waals surface area contributed by atoms with Gasteiger partial charge in [0.25, 0.3) is 0 Å². The van der Waals surface area contributed by atoms with Gasteiger partial charge in [-0.3, -0.25) is 0 Å². The Labute approximate surface area is 122 Å². The van der Waals surface area contributed by atoms with Crippen LogP contribution < -0.4 is 16.4 Å².